The molecule has 12 aromatic rings. The van der Waals surface area contributed by atoms with Gasteiger partial charge < -0.3 is 53.7 Å². The summed E-state index contributed by atoms with van der Waals surface area (Å²) in [5.74, 6) is 0.851. The van der Waals surface area contributed by atoms with Gasteiger partial charge >= 0.3 is 0 Å². The molecule has 0 fully saturated rings. The molecule has 4 aromatic heterocycles. The SMILES string of the molecule is COc1cc(C=O)cc(-c2cc(C=O)cc(OC)c2O)c1O.Cc1cc(C=O)c(O)c(C=O)c1.Cc1ccc(S(=O)(=O)N(CCCl)CCCl)cc1.ClCCOCCOCCOCCCl.O=CCCCC=O.O=Cc1cc2ccccc2cc1C=O.O=Cc1ccc(C=O)s1.O=Cc1ccc(O)c(C=O)c1.O=Cc1cccc(C=O)n1.O=Cc1cccc(C=O)n1.O=Cc1ccccc1C=O.O=Cc1ccsc1C=O. The Morgan fingerprint density at radius 2 is 0.729 bits per heavy atom. The highest BCUT2D eigenvalue weighted by atomic mass is 35.5. The van der Waals surface area contributed by atoms with Gasteiger partial charge in [-0.05, 0) is 163 Å². The first-order valence-corrected chi connectivity index (χ1v) is 47.1. The average molecular weight is 2110 g/mol. The fraction of sp³-hybridized carbons (Fsp3) is 0.184. The van der Waals surface area contributed by atoms with Crippen LogP contribution in [-0.2, 0) is 33.8 Å². The van der Waals surface area contributed by atoms with Gasteiger partial charge in [0.15, 0.2) is 117 Å². The molecule has 0 radical (unpaired) electrons. The Hall–Kier alpha value is -15.1. The fourth-order valence-corrected chi connectivity index (χ4v) is 14.2. The van der Waals surface area contributed by atoms with Crippen molar-refractivity contribution >= 4 is 216 Å². The number of fused-ring (bicyclic) bond motifs is 1. The Morgan fingerprint density at radius 1 is 0.340 bits per heavy atom. The van der Waals surface area contributed by atoms with Crippen LogP contribution in [-0.4, -0.2) is 259 Å². The normalized spacial score (nSPS) is 9.70. The van der Waals surface area contributed by atoms with Gasteiger partial charge in [0.05, 0.1) is 90.1 Å². The molecule has 144 heavy (non-hydrogen) atoms. The number of sulfonamides is 1. The Morgan fingerprint density at radius 3 is 1.06 bits per heavy atom. The molecule has 758 valence electrons. The number of benzene rings is 8. The van der Waals surface area contributed by atoms with Crippen LogP contribution in [0, 0.1) is 13.8 Å². The second-order valence-corrected chi connectivity index (χ2v) is 33.0. The number of aryl methyl sites for hydroxylation is 2. The summed E-state index contributed by atoms with van der Waals surface area (Å²) in [6, 6.07) is 51.4. The molecule has 4 N–H and O–H groups in total. The van der Waals surface area contributed by atoms with Gasteiger partial charge in [-0.25, -0.2) is 18.4 Å². The van der Waals surface area contributed by atoms with Crippen molar-refractivity contribution in [2.45, 2.75) is 38.0 Å². The number of unbranched alkanes of at least 4 members (excludes halogenated alkanes) is 2. The van der Waals surface area contributed by atoms with Crippen LogP contribution in [0.4, 0.5) is 0 Å². The second-order valence-electron chi connectivity index (χ2n) is 27.5. The largest absolute Gasteiger partial charge is 0.507 e. The first kappa shape index (κ1) is 127. The molecule has 0 atom stereocenters. The van der Waals surface area contributed by atoms with Crippen molar-refractivity contribution in [3.05, 3.63) is 309 Å². The van der Waals surface area contributed by atoms with Crippen molar-refractivity contribution < 1.29 is 148 Å². The minimum Gasteiger partial charge on any atom is -0.507 e. The van der Waals surface area contributed by atoms with Crippen LogP contribution in [0.25, 0.3) is 21.9 Å². The van der Waals surface area contributed by atoms with Crippen molar-refractivity contribution in [2.75, 3.05) is 90.5 Å². The number of hydrogen-bond donors (Lipinski definition) is 4. The van der Waals surface area contributed by atoms with Crippen LogP contribution in [0.15, 0.2) is 204 Å². The van der Waals surface area contributed by atoms with E-state index in [1.165, 1.54) is 95.8 Å². The van der Waals surface area contributed by atoms with E-state index in [0.717, 1.165) is 47.0 Å². The lowest BCUT2D eigenvalue weighted by molar-refractivity contribution is -0.109. The molecule has 0 amide bonds. The Bertz CT molecular complexity index is 5920. The molecule has 12 rings (SSSR count). The molecule has 0 bridgehead atoms. The first-order valence-electron chi connectivity index (χ1n) is 41.8. The van der Waals surface area contributed by atoms with E-state index in [0.29, 0.717) is 219 Å². The van der Waals surface area contributed by atoms with Gasteiger partial charge in [0.1, 0.15) is 65.7 Å². The number of pyridine rings is 2. The number of carbonyl (C=O) groups is 20. The van der Waals surface area contributed by atoms with Crippen LogP contribution in [0.3, 0.4) is 0 Å². The maximum Gasteiger partial charge on any atom is 0.243 e. The van der Waals surface area contributed by atoms with Crippen molar-refractivity contribution in [3.8, 4) is 45.6 Å². The average Bonchev–Trinajstić information content (AvgIpc) is 0.889. The topological polar surface area (TPSA) is 532 Å². The summed E-state index contributed by atoms with van der Waals surface area (Å²) in [5.41, 5.74) is 6.79. The third-order valence-corrected chi connectivity index (χ3v) is 22.0. The number of hydrogen-bond acceptors (Lipinski definition) is 35. The molecule has 34 nitrogen and oxygen atoms in total. The summed E-state index contributed by atoms with van der Waals surface area (Å²) in [5, 5.41) is 42.4. The summed E-state index contributed by atoms with van der Waals surface area (Å²) in [4.78, 5) is 214. The number of methoxy groups -OCH3 is 2. The number of carbonyl (C=O) groups excluding carboxylic acids is 20. The van der Waals surface area contributed by atoms with E-state index < -0.39 is 10.0 Å². The number of phenols is 4. The fourth-order valence-electron chi connectivity index (χ4n) is 10.6. The van der Waals surface area contributed by atoms with E-state index >= 15 is 0 Å². The van der Waals surface area contributed by atoms with Crippen LogP contribution < -0.4 is 9.47 Å². The lowest BCUT2D eigenvalue weighted by Gasteiger charge is -2.20. The number of rotatable bonds is 41. The predicted molar refractivity (Wildman–Crippen MR) is 545 cm³/mol. The van der Waals surface area contributed by atoms with Gasteiger partial charge in [-0.3, -0.25) is 86.3 Å². The molecule has 0 unspecified atom stereocenters. The highest BCUT2D eigenvalue weighted by molar-refractivity contribution is 7.89. The van der Waals surface area contributed by atoms with Gasteiger partial charge in [0.25, 0.3) is 0 Å². The lowest BCUT2D eigenvalue weighted by atomic mass is 9.98. The smallest absolute Gasteiger partial charge is 0.243 e. The third kappa shape index (κ3) is 47.9. The minimum absolute atomic E-state index is 0.0782. The van der Waals surface area contributed by atoms with Crippen molar-refractivity contribution in [1.29, 1.82) is 0 Å². The number of thiophene rings is 2. The molecule has 0 saturated heterocycles. The zero-order valence-corrected chi connectivity index (χ0v) is 83.1. The number of halogens is 4. The zero-order valence-electron chi connectivity index (χ0n) is 77.6. The molecule has 0 saturated carbocycles. The van der Waals surface area contributed by atoms with E-state index in [9.17, 15) is 120 Å². The number of nitrogens with zero attached hydrogens (tertiary/aromatic N) is 3. The Labute approximate surface area is 855 Å². The monoisotopic (exact) mass is 2110 g/mol. The molecule has 8 aromatic carbocycles. The third-order valence-electron chi connectivity index (χ3n) is 17.6. The molecule has 0 spiro atoms. The van der Waals surface area contributed by atoms with Crippen molar-refractivity contribution in [2.24, 2.45) is 0 Å². The van der Waals surface area contributed by atoms with E-state index in [1.54, 1.807) is 128 Å². The molecule has 41 heteroatoms. The van der Waals surface area contributed by atoms with Gasteiger partial charge in [-0.15, -0.1) is 69.1 Å². The number of aldehydes is 20. The van der Waals surface area contributed by atoms with Crippen molar-refractivity contribution in [1.82, 2.24) is 14.3 Å². The quantitative estimate of drug-likeness (QED) is 0.0157. The van der Waals surface area contributed by atoms with Gasteiger partial charge in [-0.1, -0.05) is 78.4 Å². The predicted octanol–water partition coefficient (Wildman–Crippen LogP) is 17.2. The van der Waals surface area contributed by atoms with E-state index in [2.05, 4.69) is 9.97 Å². The number of aromatic nitrogens is 2. The highest BCUT2D eigenvalue weighted by Crippen LogP contribution is 2.45. The summed E-state index contributed by atoms with van der Waals surface area (Å²) < 4.78 is 51.2. The standard InChI is InChI=1S/C16H14O6.C12H8O2.C11H15Cl2NO2S.C9H8O3.C8H16Cl2O3.C8H6O3.C8H6O2.2C7H5NO2.2C6H4O2S.C5H8O2/c1-21-13-5-9(7-17)3-11(15(13)19)12-4-10(8-18)6-14(22-2)16(12)20;13-7-11-5-9-3-1-2-4-10(9)6-12(11)8-14;1-10-2-4-11(5-3-10)17(15,16)14(8-6-12)9-7-13;1-6-2-7(4-10)9(12)8(3-6)5-11;9-1-3-11-5-7-13-8-6-12-4-2-10;9-4-6-1-2-8(11)7(3-6)5-10;9-5-7-3-1-2-4-8(7)6-10;2*9-4-6-2-1-3-7(5-10)8-6;7-3-5-1-2-9-6(5)4-8;7-3-5-1-2-6(4-8)9-5;6-4-2-1-3-5-7/h3-8,19-20H,1-2H3;1-8H;2-5H,6-9H2,1H3;2-5,12H,1H3;1-8H2;1-5,11H;1-6H;2*1-5H;2*1-4H;4-5H,1-3H2. The first-order chi connectivity index (χ1) is 69.6. The zero-order chi connectivity index (χ0) is 107. The van der Waals surface area contributed by atoms with Gasteiger partial charge in [-0.2, -0.15) is 4.31 Å². The molecule has 4 heterocycles. The Kier molecular flexibility index (Phi) is 67.5. The summed E-state index contributed by atoms with van der Waals surface area (Å²) in [6.45, 7) is 7.69. The van der Waals surface area contributed by atoms with Gasteiger partial charge in [0.2, 0.25) is 10.0 Å². The highest BCUT2D eigenvalue weighted by Gasteiger charge is 2.24. The summed E-state index contributed by atoms with van der Waals surface area (Å²) in [6.07, 6.45) is 14.7. The van der Waals surface area contributed by atoms with Crippen LogP contribution in [0.2, 0.25) is 0 Å². The van der Waals surface area contributed by atoms with Gasteiger partial charge in [0, 0.05) is 105 Å². The number of alkyl halides is 4. The lowest BCUT2D eigenvalue weighted by Crippen LogP contribution is -2.34. The molecule has 0 aliphatic carbocycles. The maximum atomic E-state index is 12.2. The maximum absolute atomic E-state index is 12.2. The van der Waals surface area contributed by atoms with Crippen LogP contribution >= 0.6 is 69.1 Å². The molecular weight excluding hydrogens is 2010 g/mol. The Balaban J connectivity index is 0.000000795. The van der Waals surface area contributed by atoms with E-state index in [1.807, 2.05) is 31.2 Å². The summed E-state index contributed by atoms with van der Waals surface area (Å²) in [7, 11) is -0.792. The van der Waals surface area contributed by atoms with E-state index in [-0.39, 0.29) is 126 Å². The molecule has 0 aliphatic heterocycles. The number of ether oxygens (including phenoxy) is 5. The van der Waals surface area contributed by atoms with Crippen LogP contribution in [0.5, 0.6) is 34.5 Å². The van der Waals surface area contributed by atoms with Crippen LogP contribution in [0.1, 0.15) is 215 Å². The minimum atomic E-state index is -3.48. The molecular formula is C103H99Cl4N3O31S3. The number of aromatic hydroxyl groups is 4. The van der Waals surface area contributed by atoms with E-state index in [4.69, 9.17) is 75.2 Å². The number of phenolic OH excluding ortho intramolecular Hbond substituents is 4. The molecule has 0 aliphatic rings. The van der Waals surface area contributed by atoms with Crippen molar-refractivity contribution in [3.63, 3.8) is 0 Å². The second kappa shape index (κ2) is 76.6. The summed E-state index contributed by atoms with van der Waals surface area (Å²) >= 11 is 24.5.